The molecule has 0 atom stereocenters. The van der Waals surface area contributed by atoms with Crippen LogP contribution in [0.5, 0.6) is 0 Å². The zero-order chi connectivity index (χ0) is 10.3. The first-order valence-corrected chi connectivity index (χ1v) is 6.35. The second-order valence-electron chi connectivity index (χ2n) is 3.41. The first-order valence-electron chi connectivity index (χ1n) is 4.20. The Labute approximate surface area is 82.5 Å². The number of carboxylic acid groups (broad SMARTS) is 1. The molecule has 76 valence electrons. The van der Waals surface area contributed by atoms with E-state index in [9.17, 15) is 9.00 Å². The van der Waals surface area contributed by atoms with Gasteiger partial charge in [-0.05, 0) is 33.9 Å². The molecule has 0 aromatic heterocycles. The van der Waals surface area contributed by atoms with Crippen LogP contribution in [0, 0.1) is 0 Å². The van der Waals surface area contributed by atoms with E-state index in [-0.39, 0.29) is 5.56 Å². The van der Waals surface area contributed by atoms with Crippen molar-refractivity contribution in [2.24, 2.45) is 0 Å². The van der Waals surface area contributed by atoms with E-state index in [2.05, 4.69) is 4.72 Å². The zero-order valence-electron chi connectivity index (χ0n) is 7.65. The molecule has 0 saturated carbocycles. The molecule has 0 fully saturated rings. The van der Waals surface area contributed by atoms with Crippen LogP contribution in [0.1, 0.15) is 15.9 Å². The first-order chi connectivity index (χ1) is 6.50. The molecule has 1 aliphatic rings. The van der Waals surface area contributed by atoms with Gasteiger partial charge in [0.05, 0.1) is 5.56 Å². The number of hydrogen-bond acceptors (Lipinski definition) is 2. The SMILES string of the molecule is C[SH]1(=O)NCc2cc(C(=O)O)ccc21. The molecule has 0 aliphatic carbocycles. The lowest BCUT2D eigenvalue weighted by molar-refractivity contribution is 0.0696. The van der Waals surface area contributed by atoms with E-state index < -0.39 is 16.1 Å². The summed E-state index contributed by atoms with van der Waals surface area (Å²) in [5.41, 5.74) is 1.07. The van der Waals surface area contributed by atoms with E-state index in [1.54, 1.807) is 18.4 Å². The van der Waals surface area contributed by atoms with E-state index in [1.807, 2.05) is 0 Å². The number of carboxylic acids is 1. The molecule has 0 bridgehead atoms. The quantitative estimate of drug-likeness (QED) is 0.592. The Kier molecular flexibility index (Phi) is 1.94. The molecule has 0 radical (unpaired) electrons. The first kappa shape index (κ1) is 9.36. The van der Waals surface area contributed by atoms with Crippen LogP contribution in [-0.4, -0.2) is 21.5 Å². The fourth-order valence-corrected chi connectivity index (χ4v) is 3.29. The fraction of sp³-hybridized carbons (Fsp3) is 0.222. The molecule has 1 aromatic carbocycles. The minimum absolute atomic E-state index is 0.243. The molecule has 0 amide bonds. The van der Waals surface area contributed by atoms with Gasteiger partial charge in [-0.2, -0.15) is 0 Å². The number of hydrogen-bond donors (Lipinski definition) is 3. The van der Waals surface area contributed by atoms with Crippen LogP contribution in [0.25, 0.3) is 0 Å². The standard InChI is InChI=1S/C9H11NO3S/c1-14(13)8-3-2-6(9(11)12)4-7(8)5-10-14/h2-4,14H,5H2,1H3,(H,10,13)(H,11,12). The zero-order valence-corrected chi connectivity index (χ0v) is 8.54. The van der Waals surface area contributed by atoms with Gasteiger partial charge in [-0.25, -0.2) is 4.79 Å². The highest BCUT2D eigenvalue weighted by Crippen LogP contribution is 2.26. The van der Waals surface area contributed by atoms with Gasteiger partial charge >= 0.3 is 5.97 Å². The summed E-state index contributed by atoms with van der Waals surface area (Å²) in [4.78, 5) is 11.4. The molecule has 0 saturated heterocycles. The Morgan fingerprint density at radius 2 is 2.29 bits per heavy atom. The van der Waals surface area contributed by atoms with Crippen molar-refractivity contribution in [2.75, 3.05) is 6.26 Å². The Bertz CT molecular complexity index is 455. The van der Waals surface area contributed by atoms with Gasteiger partial charge in [0.25, 0.3) is 0 Å². The molecular weight excluding hydrogens is 202 g/mol. The van der Waals surface area contributed by atoms with Crippen LogP contribution in [-0.2, 0) is 16.7 Å². The Hall–Kier alpha value is -1.20. The minimum atomic E-state index is -2.43. The van der Waals surface area contributed by atoms with Gasteiger partial charge in [-0.15, -0.1) is 0 Å². The number of carbonyl (C=O) groups is 1. The van der Waals surface area contributed by atoms with Gasteiger partial charge in [-0.3, -0.25) is 8.93 Å². The van der Waals surface area contributed by atoms with Crippen LogP contribution in [0.2, 0.25) is 0 Å². The van der Waals surface area contributed by atoms with Crippen molar-refractivity contribution in [3.05, 3.63) is 29.3 Å². The molecule has 2 N–H and O–H groups in total. The predicted molar refractivity (Wildman–Crippen MR) is 54.0 cm³/mol. The van der Waals surface area contributed by atoms with E-state index in [4.69, 9.17) is 5.11 Å². The van der Waals surface area contributed by atoms with Gasteiger partial charge in [0.2, 0.25) is 0 Å². The fourth-order valence-electron chi connectivity index (χ4n) is 1.60. The molecule has 0 unspecified atom stereocenters. The van der Waals surface area contributed by atoms with E-state index >= 15 is 0 Å². The van der Waals surface area contributed by atoms with Crippen molar-refractivity contribution in [3.8, 4) is 0 Å². The molecule has 4 nitrogen and oxygen atoms in total. The summed E-state index contributed by atoms with van der Waals surface area (Å²) < 4.78 is 14.7. The van der Waals surface area contributed by atoms with E-state index in [0.717, 1.165) is 10.5 Å². The molecular formula is C9H11NO3S. The largest absolute Gasteiger partial charge is 0.478 e. The van der Waals surface area contributed by atoms with Crippen molar-refractivity contribution >= 4 is 16.1 Å². The normalized spacial score (nSPS) is 20.1. The van der Waals surface area contributed by atoms with Crippen LogP contribution in [0.15, 0.2) is 23.1 Å². The maximum Gasteiger partial charge on any atom is 0.335 e. The van der Waals surface area contributed by atoms with Gasteiger partial charge in [0.1, 0.15) is 0 Å². The summed E-state index contributed by atoms with van der Waals surface area (Å²) in [5, 5.41) is 8.76. The molecule has 5 heteroatoms. The topological polar surface area (TPSA) is 66.4 Å². The second kappa shape index (κ2) is 2.90. The lowest BCUT2D eigenvalue weighted by Gasteiger charge is -2.12. The van der Waals surface area contributed by atoms with Crippen molar-refractivity contribution in [3.63, 3.8) is 0 Å². The summed E-state index contributed by atoms with van der Waals surface area (Å²) in [6.07, 6.45) is 1.65. The van der Waals surface area contributed by atoms with Crippen molar-refractivity contribution in [2.45, 2.75) is 11.4 Å². The van der Waals surface area contributed by atoms with Crippen LogP contribution >= 0.6 is 0 Å². The third-order valence-corrected chi connectivity index (χ3v) is 4.47. The van der Waals surface area contributed by atoms with Gasteiger partial charge in [-0.1, -0.05) is 0 Å². The number of benzene rings is 1. The lowest BCUT2D eigenvalue weighted by atomic mass is 10.1. The molecule has 2 rings (SSSR count). The number of fused-ring (bicyclic) bond motifs is 1. The summed E-state index contributed by atoms with van der Waals surface area (Å²) in [6.45, 7) is 0.490. The van der Waals surface area contributed by atoms with Crippen LogP contribution in [0.3, 0.4) is 0 Å². The molecule has 1 aromatic rings. The Morgan fingerprint density at radius 3 is 2.93 bits per heavy atom. The maximum absolute atomic E-state index is 11.9. The smallest absolute Gasteiger partial charge is 0.335 e. The Morgan fingerprint density at radius 1 is 1.57 bits per heavy atom. The van der Waals surface area contributed by atoms with Gasteiger partial charge in [0, 0.05) is 17.7 Å². The highest BCUT2D eigenvalue weighted by molar-refractivity contribution is 8.00. The average Bonchev–Trinajstić information content (AvgIpc) is 2.42. The van der Waals surface area contributed by atoms with Gasteiger partial charge in [0.15, 0.2) is 0 Å². The minimum Gasteiger partial charge on any atom is -0.478 e. The summed E-state index contributed by atoms with van der Waals surface area (Å²) in [5.74, 6) is -0.953. The highest BCUT2D eigenvalue weighted by Gasteiger charge is 2.23. The highest BCUT2D eigenvalue weighted by atomic mass is 32.3. The number of nitrogens with one attached hydrogen (secondary N) is 1. The van der Waals surface area contributed by atoms with E-state index in [1.165, 1.54) is 6.07 Å². The second-order valence-corrected chi connectivity index (χ2v) is 6.05. The number of rotatable bonds is 1. The van der Waals surface area contributed by atoms with Crippen LogP contribution in [0.4, 0.5) is 0 Å². The summed E-state index contributed by atoms with van der Waals surface area (Å²) in [6, 6.07) is 4.71. The number of thiol groups is 1. The Balaban J connectivity index is 2.55. The van der Waals surface area contributed by atoms with Crippen molar-refractivity contribution in [1.29, 1.82) is 0 Å². The van der Waals surface area contributed by atoms with Crippen molar-refractivity contribution in [1.82, 2.24) is 4.72 Å². The average molecular weight is 213 g/mol. The monoisotopic (exact) mass is 213 g/mol. The summed E-state index contributed by atoms with van der Waals surface area (Å²) >= 11 is 0. The molecule has 1 aliphatic heterocycles. The third-order valence-electron chi connectivity index (χ3n) is 2.36. The third kappa shape index (κ3) is 1.34. The number of aromatic carboxylic acids is 1. The molecule has 0 spiro atoms. The maximum atomic E-state index is 11.9. The lowest BCUT2D eigenvalue weighted by Crippen LogP contribution is -2.21. The van der Waals surface area contributed by atoms with Gasteiger partial charge < -0.3 is 5.11 Å². The van der Waals surface area contributed by atoms with Crippen LogP contribution < -0.4 is 4.72 Å². The predicted octanol–water partition coefficient (Wildman–Crippen LogP) is 0.408. The molecule has 1 heterocycles. The van der Waals surface area contributed by atoms with E-state index in [0.29, 0.717) is 6.54 Å². The molecule has 14 heavy (non-hydrogen) atoms. The summed E-state index contributed by atoms with van der Waals surface area (Å²) in [7, 11) is -2.43. The van der Waals surface area contributed by atoms with Crippen molar-refractivity contribution < 1.29 is 14.1 Å².